The molecule has 0 aromatic heterocycles. The molecule has 35 heavy (non-hydrogen) atoms. The maximum Gasteiger partial charge on any atom is 0.0657 e. The van der Waals surface area contributed by atoms with Crippen LogP contribution in [0.3, 0.4) is 0 Å². The van der Waals surface area contributed by atoms with Gasteiger partial charge in [0.15, 0.2) is 0 Å². The minimum atomic E-state index is 0.149. The Balaban J connectivity index is 1.22. The van der Waals surface area contributed by atoms with Crippen LogP contribution in [0, 0.1) is 52.3 Å². The van der Waals surface area contributed by atoms with Crippen molar-refractivity contribution >= 4 is 5.71 Å². The number of allylic oxidation sites excluding steroid dienone is 2. The first-order valence-electron chi connectivity index (χ1n) is 15.5. The highest BCUT2D eigenvalue weighted by Crippen LogP contribution is 2.68. The number of aliphatic imine (C=N–C) groups is 1. The topological polar surface area (TPSA) is 21.6 Å². The lowest BCUT2D eigenvalue weighted by Gasteiger charge is -2.62. The maximum absolute atomic E-state index is 6.61. The van der Waals surface area contributed by atoms with Gasteiger partial charge in [-0.2, -0.15) is 0 Å². The zero-order chi connectivity index (χ0) is 24.8. The Labute approximate surface area is 217 Å². The highest BCUT2D eigenvalue weighted by molar-refractivity contribution is 5.96. The van der Waals surface area contributed by atoms with Gasteiger partial charge in [0, 0.05) is 19.4 Å². The summed E-state index contributed by atoms with van der Waals surface area (Å²) in [7, 11) is 1.94. The van der Waals surface area contributed by atoms with E-state index in [1.54, 1.807) is 0 Å². The van der Waals surface area contributed by atoms with E-state index in [0.717, 1.165) is 42.1 Å². The molecule has 0 amide bonds. The fourth-order valence-corrected chi connectivity index (χ4v) is 9.80. The van der Waals surface area contributed by atoms with Gasteiger partial charge in [0.2, 0.25) is 0 Å². The summed E-state index contributed by atoms with van der Waals surface area (Å²) in [4.78, 5) is 4.51. The van der Waals surface area contributed by atoms with Crippen LogP contribution in [0.25, 0.3) is 0 Å². The van der Waals surface area contributed by atoms with Crippen molar-refractivity contribution in [2.45, 2.75) is 124 Å². The molecule has 0 radical (unpaired) electrons. The molecule has 0 aliphatic heterocycles. The first kappa shape index (κ1) is 26.0. The molecule has 5 aliphatic rings. The van der Waals surface area contributed by atoms with Crippen LogP contribution in [-0.4, -0.2) is 25.0 Å². The monoisotopic (exact) mass is 481 g/mol. The van der Waals surface area contributed by atoms with E-state index < -0.39 is 0 Å². The number of nitrogens with zero attached hydrogens (tertiary/aromatic N) is 1. The molecule has 5 saturated carbocycles. The third-order valence-corrected chi connectivity index (χ3v) is 12.4. The van der Waals surface area contributed by atoms with Crippen molar-refractivity contribution < 1.29 is 4.74 Å². The normalized spacial score (nSPS) is 46.0. The Kier molecular flexibility index (Phi) is 7.37. The summed E-state index contributed by atoms with van der Waals surface area (Å²) >= 11 is 0. The number of rotatable bonds is 8. The molecule has 0 saturated heterocycles. The van der Waals surface area contributed by atoms with Crippen LogP contribution in [0.15, 0.2) is 17.1 Å². The van der Waals surface area contributed by atoms with E-state index in [9.17, 15) is 0 Å². The molecule has 0 N–H and O–H groups in total. The van der Waals surface area contributed by atoms with E-state index in [1.165, 1.54) is 89.2 Å². The van der Waals surface area contributed by atoms with E-state index in [0.29, 0.717) is 16.7 Å². The van der Waals surface area contributed by atoms with Gasteiger partial charge in [-0.1, -0.05) is 46.6 Å². The molecule has 5 rings (SSSR count). The van der Waals surface area contributed by atoms with Crippen molar-refractivity contribution in [3.05, 3.63) is 12.2 Å². The molecule has 5 fully saturated rings. The highest BCUT2D eigenvalue weighted by atomic mass is 16.5. The van der Waals surface area contributed by atoms with Gasteiger partial charge in [0.05, 0.1) is 5.60 Å². The molecule has 7 unspecified atom stereocenters. The first-order valence-corrected chi connectivity index (χ1v) is 15.5. The van der Waals surface area contributed by atoms with Gasteiger partial charge >= 0.3 is 0 Å². The number of hydrogen-bond donors (Lipinski definition) is 0. The van der Waals surface area contributed by atoms with Gasteiger partial charge < -0.3 is 4.74 Å². The highest BCUT2D eigenvalue weighted by Gasteiger charge is 2.60. The van der Waals surface area contributed by atoms with E-state index in [4.69, 9.17) is 4.74 Å². The zero-order valence-corrected chi connectivity index (χ0v) is 24.0. The van der Waals surface area contributed by atoms with Crippen LogP contribution >= 0.6 is 0 Å². The molecule has 0 spiro atoms. The summed E-state index contributed by atoms with van der Waals surface area (Å²) in [5.74, 6) is 6.17. The Hall–Kier alpha value is -0.630. The number of hydrogen-bond acceptors (Lipinski definition) is 2. The third kappa shape index (κ3) is 4.96. The summed E-state index contributed by atoms with van der Waals surface area (Å²) in [6.07, 6.45) is 23.1. The Morgan fingerprint density at radius 2 is 1.69 bits per heavy atom. The van der Waals surface area contributed by atoms with Crippen molar-refractivity contribution in [1.29, 1.82) is 0 Å². The van der Waals surface area contributed by atoms with Crippen molar-refractivity contribution in [3.8, 4) is 0 Å². The number of fused-ring (bicyclic) bond motifs is 5. The average molecular weight is 482 g/mol. The standard InChI is InChI=1S/C33H55NO/c1-23(2)30(34-6)9-7-8-25-13-15-28-27-14-12-26-22-31(3,35-21-17-24-10-11-24)19-20-33(26,5)29(27)16-18-32(25,28)4/h7,9,23-29H,8,10-22H2,1-6H3/b9-7+,34-30?/t25?,26-,27?,28?,29?,31?,32?,33?/m0/s1. The quantitative estimate of drug-likeness (QED) is 0.317. The van der Waals surface area contributed by atoms with Crippen LogP contribution in [0.2, 0.25) is 0 Å². The molecule has 0 heterocycles. The molecule has 0 bridgehead atoms. The molecular formula is C33H55NO. The lowest BCUT2D eigenvalue weighted by molar-refractivity contribution is -0.162. The predicted molar refractivity (Wildman–Crippen MR) is 149 cm³/mol. The Morgan fingerprint density at radius 3 is 2.40 bits per heavy atom. The second-order valence-corrected chi connectivity index (χ2v) is 14.7. The van der Waals surface area contributed by atoms with E-state index >= 15 is 0 Å². The molecule has 2 nitrogen and oxygen atoms in total. The SMILES string of the molecule is CN=C(/C=C/CC1CCC2C3CC[C@H]4CC(C)(OCCC5CC5)CCC4(C)C3CCC12C)C(C)C. The smallest absolute Gasteiger partial charge is 0.0657 e. The lowest BCUT2D eigenvalue weighted by Crippen LogP contribution is -2.55. The van der Waals surface area contributed by atoms with Crippen LogP contribution in [-0.2, 0) is 4.74 Å². The second kappa shape index (κ2) is 9.92. The van der Waals surface area contributed by atoms with Crippen molar-refractivity contribution in [2.24, 2.45) is 57.2 Å². The maximum atomic E-state index is 6.61. The van der Waals surface area contributed by atoms with Gasteiger partial charge in [-0.15, -0.1) is 0 Å². The largest absolute Gasteiger partial charge is 0.375 e. The summed E-state index contributed by atoms with van der Waals surface area (Å²) in [6, 6.07) is 0. The predicted octanol–water partition coefficient (Wildman–Crippen LogP) is 8.89. The van der Waals surface area contributed by atoms with E-state index in [2.05, 4.69) is 51.8 Å². The van der Waals surface area contributed by atoms with E-state index in [-0.39, 0.29) is 5.60 Å². The summed E-state index contributed by atoms with van der Waals surface area (Å²) in [5.41, 5.74) is 2.52. The van der Waals surface area contributed by atoms with Crippen LogP contribution < -0.4 is 0 Å². The van der Waals surface area contributed by atoms with Crippen LogP contribution in [0.4, 0.5) is 0 Å². The van der Waals surface area contributed by atoms with Crippen LogP contribution in [0.5, 0.6) is 0 Å². The van der Waals surface area contributed by atoms with E-state index in [1.807, 2.05) is 7.05 Å². The van der Waals surface area contributed by atoms with Crippen molar-refractivity contribution in [2.75, 3.05) is 13.7 Å². The summed E-state index contributed by atoms with van der Waals surface area (Å²) < 4.78 is 6.61. The molecule has 5 aliphatic carbocycles. The minimum absolute atomic E-state index is 0.149. The zero-order valence-electron chi connectivity index (χ0n) is 24.0. The Bertz CT molecular complexity index is 810. The summed E-state index contributed by atoms with van der Waals surface area (Å²) in [6.45, 7) is 13.4. The first-order chi connectivity index (χ1) is 16.7. The lowest BCUT2D eigenvalue weighted by atomic mass is 9.44. The summed E-state index contributed by atoms with van der Waals surface area (Å²) in [5, 5.41) is 0. The van der Waals surface area contributed by atoms with Crippen molar-refractivity contribution in [1.82, 2.24) is 0 Å². The second-order valence-electron chi connectivity index (χ2n) is 14.7. The Morgan fingerprint density at radius 1 is 0.914 bits per heavy atom. The average Bonchev–Trinajstić information content (AvgIpc) is 3.58. The molecule has 0 aromatic carbocycles. The minimum Gasteiger partial charge on any atom is -0.375 e. The fourth-order valence-electron chi connectivity index (χ4n) is 9.80. The molecule has 2 heteroatoms. The van der Waals surface area contributed by atoms with Crippen LogP contribution in [0.1, 0.15) is 118 Å². The van der Waals surface area contributed by atoms with Crippen molar-refractivity contribution in [3.63, 3.8) is 0 Å². The van der Waals surface area contributed by atoms with Gasteiger partial charge in [-0.25, -0.2) is 0 Å². The van der Waals surface area contributed by atoms with Gasteiger partial charge in [0.25, 0.3) is 0 Å². The molecule has 198 valence electrons. The molecule has 8 atom stereocenters. The van der Waals surface area contributed by atoms with Gasteiger partial charge in [-0.3, -0.25) is 4.99 Å². The molecular weight excluding hydrogens is 426 g/mol. The number of ether oxygens (including phenoxy) is 1. The van der Waals surface area contributed by atoms with Gasteiger partial charge in [0.1, 0.15) is 0 Å². The molecule has 0 aromatic rings. The third-order valence-electron chi connectivity index (χ3n) is 12.4. The van der Waals surface area contributed by atoms with Gasteiger partial charge in [-0.05, 0) is 136 Å². The fraction of sp³-hybridized carbons (Fsp3) is 0.909.